The molecule has 100 valence electrons. The molecule has 2 rings (SSSR count). The van der Waals surface area contributed by atoms with Crippen LogP contribution in [0.15, 0.2) is 6.33 Å². The predicted molar refractivity (Wildman–Crippen MR) is 76.0 cm³/mol. The molecule has 1 aromatic heterocycles. The number of nitrogens with one attached hydrogen (secondary N) is 2. The fraction of sp³-hybridized carbons (Fsp3) is 0.714. The Morgan fingerprint density at radius 2 is 1.94 bits per heavy atom. The Morgan fingerprint density at radius 3 is 2.61 bits per heavy atom. The van der Waals surface area contributed by atoms with Gasteiger partial charge in [0.25, 0.3) is 0 Å². The van der Waals surface area contributed by atoms with Gasteiger partial charge in [0.2, 0.25) is 0 Å². The van der Waals surface area contributed by atoms with E-state index in [1.807, 2.05) is 7.05 Å². The van der Waals surface area contributed by atoms with Crippen molar-refractivity contribution in [1.82, 2.24) is 9.97 Å². The molecule has 18 heavy (non-hydrogen) atoms. The summed E-state index contributed by atoms with van der Waals surface area (Å²) in [6, 6.07) is 0. The molecule has 0 atom stereocenters. The lowest BCUT2D eigenvalue weighted by Crippen LogP contribution is -2.11. The summed E-state index contributed by atoms with van der Waals surface area (Å²) >= 11 is 0. The zero-order valence-corrected chi connectivity index (χ0v) is 11.5. The molecule has 1 aromatic rings. The van der Waals surface area contributed by atoms with Crippen molar-refractivity contribution >= 4 is 11.6 Å². The van der Waals surface area contributed by atoms with Gasteiger partial charge in [0.05, 0.1) is 0 Å². The van der Waals surface area contributed by atoms with E-state index in [4.69, 9.17) is 0 Å². The maximum absolute atomic E-state index is 4.36. The Hall–Kier alpha value is -1.32. The molecular weight excluding hydrogens is 224 g/mol. The van der Waals surface area contributed by atoms with E-state index >= 15 is 0 Å². The molecule has 0 saturated heterocycles. The number of hydrogen-bond acceptors (Lipinski definition) is 4. The van der Waals surface area contributed by atoms with E-state index in [0.29, 0.717) is 0 Å². The highest BCUT2D eigenvalue weighted by Gasteiger charge is 2.15. The Labute approximate surface area is 110 Å². The zero-order chi connectivity index (χ0) is 12.8. The highest BCUT2D eigenvalue weighted by Crippen LogP contribution is 2.27. The molecule has 1 saturated carbocycles. The maximum Gasteiger partial charge on any atom is 0.134 e. The van der Waals surface area contributed by atoms with Crippen LogP contribution in [0.25, 0.3) is 0 Å². The summed E-state index contributed by atoms with van der Waals surface area (Å²) in [6.45, 7) is 3.17. The molecule has 0 bridgehead atoms. The summed E-state index contributed by atoms with van der Waals surface area (Å²) in [5.41, 5.74) is 1.19. The van der Waals surface area contributed by atoms with E-state index in [9.17, 15) is 0 Å². The van der Waals surface area contributed by atoms with Gasteiger partial charge in [-0.1, -0.05) is 32.6 Å². The molecule has 1 heterocycles. The van der Waals surface area contributed by atoms with Crippen molar-refractivity contribution in [2.24, 2.45) is 5.92 Å². The smallest absolute Gasteiger partial charge is 0.134 e. The third kappa shape index (κ3) is 3.12. The minimum absolute atomic E-state index is 0.924. The molecule has 0 spiro atoms. The molecular formula is C14H24N4. The van der Waals surface area contributed by atoms with E-state index in [1.165, 1.54) is 37.7 Å². The van der Waals surface area contributed by atoms with E-state index < -0.39 is 0 Å². The van der Waals surface area contributed by atoms with Crippen molar-refractivity contribution in [1.29, 1.82) is 0 Å². The minimum Gasteiger partial charge on any atom is -0.373 e. The highest BCUT2D eigenvalue weighted by atomic mass is 15.1. The van der Waals surface area contributed by atoms with Crippen molar-refractivity contribution < 1.29 is 0 Å². The van der Waals surface area contributed by atoms with Crippen LogP contribution in [0.1, 0.15) is 44.6 Å². The van der Waals surface area contributed by atoms with Crippen LogP contribution < -0.4 is 10.6 Å². The van der Waals surface area contributed by atoms with Crippen LogP contribution in [-0.2, 0) is 6.42 Å². The fourth-order valence-electron chi connectivity index (χ4n) is 2.81. The summed E-state index contributed by atoms with van der Waals surface area (Å²) < 4.78 is 0. The molecule has 4 heteroatoms. The number of aromatic nitrogens is 2. The van der Waals surface area contributed by atoms with E-state index in [2.05, 4.69) is 27.5 Å². The quantitative estimate of drug-likeness (QED) is 0.812. The standard InChI is InChI=1S/C14H24N4/c1-3-12-13(15-2)17-10-18-14(12)16-9-8-11-6-4-5-7-11/h10-11H,3-9H2,1-2H3,(H2,15,16,17,18). The van der Waals surface area contributed by atoms with Crippen molar-refractivity contribution in [3.8, 4) is 0 Å². The molecule has 0 radical (unpaired) electrons. The Balaban J connectivity index is 1.91. The molecule has 4 nitrogen and oxygen atoms in total. The van der Waals surface area contributed by atoms with E-state index in [-0.39, 0.29) is 0 Å². The van der Waals surface area contributed by atoms with Gasteiger partial charge in [0, 0.05) is 19.2 Å². The lowest BCUT2D eigenvalue weighted by Gasteiger charge is -2.14. The van der Waals surface area contributed by atoms with Crippen LogP contribution in [0.2, 0.25) is 0 Å². The lowest BCUT2D eigenvalue weighted by molar-refractivity contribution is 0.518. The van der Waals surface area contributed by atoms with Gasteiger partial charge in [0.1, 0.15) is 18.0 Å². The van der Waals surface area contributed by atoms with Gasteiger partial charge in [0.15, 0.2) is 0 Å². The van der Waals surface area contributed by atoms with Crippen LogP contribution in [0.3, 0.4) is 0 Å². The first-order valence-electron chi connectivity index (χ1n) is 7.10. The molecule has 2 N–H and O–H groups in total. The molecule has 1 aliphatic rings. The highest BCUT2D eigenvalue weighted by molar-refractivity contribution is 5.56. The van der Waals surface area contributed by atoms with Gasteiger partial charge in [-0.25, -0.2) is 9.97 Å². The summed E-state index contributed by atoms with van der Waals surface area (Å²) in [5, 5.41) is 6.60. The number of nitrogens with zero attached hydrogens (tertiary/aromatic N) is 2. The summed E-state index contributed by atoms with van der Waals surface area (Å²) in [4.78, 5) is 8.61. The lowest BCUT2D eigenvalue weighted by atomic mass is 10.0. The van der Waals surface area contributed by atoms with Crippen molar-refractivity contribution in [2.45, 2.75) is 45.4 Å². The third-order valence-corrected chi connectivity index (χ3v) is 3.86. The first kappa shape index (κ1) is 13.1. The first-order valence-corrected chi connectivity index (χ1v) is 7.10. The average Bonchev–Trinajstić information content (AvgIpc) is 2.91. The van der Waals surface area contributed by atoms with Crippen LogP contribution in [0.4, 0.5) is 11.6 Å². The van der Waals surface area contributed by atoms with E-state index in [1.54, 1.807) is 6.33 Å². The van der Waals surface area contributed by atoms with Crippen LogP contribution >= 0.6 is 0 Å². The topological polar surface area (TPSA) is 49.8 Å². The molecule has 0 aliphatic heterocycles. The van der Waals surface area contributed by atoms with Gasteiger partial charge >= 0.3 is 0 Å². The van der Waals surface area contributed by atoms with Crippen LogP contribution in [0.5, 0.6) is 0 Å². The van der Waals surface area contributed by atoms with Gasteiger partial charge in [-0.05, 0) is 18.8 Å². The predicted octanol–water partition coefficient (Wildman–Crippen LogP) is 3.07. The monoisotopic (exact) mass is 248 g/mol. The molecule has 0 amide bonds. The fourth-order valence-corrected chi connectivity index (χ4v) is 2.81. The Bertz CT molecular complexity index is 372. The average molecular weight is 248 g/mol. The second-order valence-electron chi connectivity index (χ2n) is 5.02. The molecule has 0 unspecified atom stereocenters. The first-order chi connectivity index (χ1) is 8.85. The number of hydrogen-bond donors (Lipinski definition) is 2. The normalized spacial score (nSPS) is 15.9. The van der Waals surface area contributed by atoms with Gasteiger partial charge in [-0.15, -0.1) is 0 Å². The SMILES string of the molecule is CCc1c(NC)ncnc1NCCC1CCCC1. The molecule has 1 fully saturated rings. The van der Waals surface area contributed by atoms with Crippen LogP contribution in [0, 0.1) is 5.92 Å². The summed E-state index contributed by atoms with van der Waals surface area (Å²) in [6.07, 6.45) is 9.50. The minimum atomic E-state index is 0.924. The molecule has 0 aromatic carbocycles. The van der Waals surface area contributed by atoms with Gasteiger partial charge in [-0.2, -0.15) is 0 Å². The zero-order valence-electron chi connectivity index (χ0n) is 11.5. The van der Waals surface area contributed by atoms with Crippen molar-refractivity contribution in [2.75, 3.05) is 24.2 Å². The molecule has 1 aliphatic carbocycles. The summed E-state index contributed by atoms with van der Waals surface area (Å²) in [7, 11) is 1.91. The van der Waals surface area contributed by atoms with Crippen LogP contribution in [-0.4, -0.2) is 23.6 Å². The van der Waals surface area contributed by atoms with Crippen molar-refractivity contribution in [3.05, 3.63) is 11.9 Å². The second kappa shape index (κ2) is 6.57. The number of anilines is 2. The number of rotatable bonds is 6. The maximum atomic E-state index is 4.36. The largest absolute Gasteiger partial charge is 0.373 e. The Kier molecular flexibility index (Phi) is 4.79. The summed E-state index contributed by atoms with van der Waals surface area (Å²) in [5.74, 6) is 2.86. The van der Waals surface area contributed by atoms with Gasteiger partial charge < -0.3 is 10.6 Å². The van der Waals surface area contributed by atoms with Gasteiger partial charge in [-0.3, -0.25) is 0 Å². The van der Waals surface area contributed by atoms with Crippen molar-refractivity contribution in [3.63, 3.8) is 0 Å². The van der Waals surface area contributed by atoms with E-state index in [0.717, 1.165) is 30.5 Å². The second-order valence-corrected chi connectivity index (χ2v) is 5.02. The third-order valence-electron chi connectivity index (χ3n) is 3.86. The Morgan fingerprint density at radius 1 is 1.22 bits per heavy atom.